The molecule has 1 aromatic rings. The first-order valence-corrected chi connectivity index (χ1v) is 9.38. The minimum Gasteiger partial charge on any atom is -0.316 e. The molecule has 1 fully saturated rings. The molecule has 0 radical (unpaired) electrons. The van der Waals surface area contributed by atoms with Crippen molar-refractivity contribution in [1.29, 1.82) is 0 Å². The summed E-state index contributed by atoms with van der Waals surface area (Å²) in [5.41, 5.74) is 0.964. The first-order chi connectivity index (χ1) is 9.98. The first-order valence-electron chi connectivity index (χ1n) is 7.14. The summed E-state index contributed by atoms with van der Waals surface area (Å²) >= 11 is 3.37. The molecule has 1 aromatic carbocycles. The Morgan fingerprint density at radius 1 is 1.24 bits per heavy atom. The molecule has 0 spiro atoms. The van der Waals surface area contributed by atoms with Gasteiger partial charge in [0.25, 0.3) is 0 Å². The average Bonchev–Trinajstić information content (AvgIpc) is 2.49. The lowest BCUT2D eigenvalue weighted by Gasteiger charge is -2.33. The molecule has 1 aliphatic heterocycles. The van der Waals surface area contributed by atoms with E-state index in [-0.39, 0.29) is 0 Å². The summed E-state index contributed by atoms with van der Waals surface area (Å²) in [6, 6.07) is 5.48. The fraction of sp³-hybridized carbons (Fsp3) is 0.571. The molecule has 5 nitrogen and oxygen atoms in total. The van der Waals surface area contributed by atoms with Crippen LogP contribution in [-0.2, 0) is 16.6 Å². The van der Waals surface area contributed by atoms with Crippen LogP contribution in [0.1, 0.15) is 12.5 Å². The number of halogens is 1. The smallest absolute Gasteiger partial charge is 0.244 e. The van der Waals surface area contributed by atoms with Gasteiger partial charge in [0, 0.05) is 37.2 Å². The van der Waals surface area contributed by atoms with Crippen LogP contribution in [0.4, 0.5) is 0 Å². The van der Waals surface area contributed by atoms with Crippen LogP contribution in [-0.4, -0.2) is 57.4 Å². The van der Waals surface area contributed by atoms with E-state index in [2.05, 4.69) is 33.1 Å². The van der Waals surface area contributed by atoms with Crippen LogP contribution in [0.2, 0.25) is 0 Å². The summed E-state index contributed by atoms with van der Waals surface area (Å²) in [5.74, 6) is 0. The zero-order chi connectivity index (χ0) is 15.5. The van der Waals surface area contributed by atoms with Gasteiger partial charge >= 0.3 is 0 Å². The van der Waals surface area contributed by atoms with E-state index in [9.17, 15) is 8.42 Å². The van der Waals surface area contributed by atoms with Crippen LogP contribution in [0.3, 0.4) is 0 Å². The minimum atomic E-state index is -3.43. The largest absolute Gasteiger partial charge is 0.316 e. The van der Waals surface area contributed by atoms with E-state index < -0.39 is 10.0 Å². The van der Waals surface area contributed by atoms with Crippen LogP contribution in [0.25, 0.3) is 0 Å². The van der Waals surface area contributed by atoms with Crippen molar-refractivity contribution in [3.63, 3.8) is 0 Å². The third-order valence-corrected chi connectivity index (χ3v) is 6.67. The topological polar surface area (TPSA) is 52.7 Å². The third-order valence-electron chi connectivity index (χ3n) is 3.77. The van der Waals surface area contributed by atoms with E-state index >= 15 is 0 Å². The fourth-order valence-corrected chi connectivity index (χ4v) is 4.88. The number of piperazine rings is 1. The van der Waals surface area contributed by atoms with Crippen molar-refractivity contribution in [3.8, 4) is 0 Å². The maximum Gasteiger partial charge on any atom is 0.244 e. The van der Waals surface area contributed by atoms with E-state index in [0.29, 0.717) is 29.0 Å². The van der Waals surface area contributed by atoms with Gasteiger partial charge in [0.05, 0.1) is 4.90 Å². The van der Waals surface area contributed by atoms with Crippen LogP contribution in [0.5, 0.6) is 0 Å². The van der Waals surface area contributed by atoms with E-state index in [1.807, 2.05) is 19.2 Å². The molecule has 1 N–H and O–H groups in total. The average molecular weight is 376 g/mol. The lowest BCUT2D eigenvalue weighted by Crippen LogP contribution is -2.48. The van der Waals surface area contributed by atoms with E-state index in [0.717, 1.165) is 25.2 Å². The molecule has 0 saturated carbocycles. The zero-order valence-electron chi connectivity index (χ0n) is 12.5. The fourth-order valence-electron chi connectivity index (χ4n) is 2.48. The van der Waals surface area contributed by atoms with E-state index in [4.69, 9.17) is 0 Å². The third kappa shape index (κ3) is 3.84. The Labute approximate surface area is 135 Å². The Kier molecular flexibility index (Phi) is 5.79. The van der Waals surface area contributed by atoms with Gasteiger partial charge in [-0.2, -0.15) is 4.31 Å². The normalized spacial score (nSPS) is 18.0. The number of hydrogen-bond acceptors (Lipinski definition) is 4. The number of likely N-dealkylation sites (N-methyl/N-ethyl adjacent to an activating group) is 1. The predicted molar refractivity (Wildman–Crippen MR) is 87.8 cm³/mol. The molecule has 1 aliphatic rings. The summed E-state index contributed by atoms with van der Waals surface area (Å²) in [6.07, 6.45) is 0. The standard InChI is InChI=1S/C14H22BrN3O2S/c1-3-17-6-8-18(9-7-17)21(19,20)14-10-12(11-16-2)4-5-13(14)15/h4-5,10,16H,3,6-9,11H2,1-2H3. The number of sulfonamides is 1. The number of nitrogens with zero attached hydrogens (tertiary/aromatic N) is 2. The molecular weight excluding hydrogens is 354 g/mol. The van der Waals surface area contributed by atoms with Crippen molar-refractivity contribution < 1.29 is 8.42 Å². The summed E-state index contributed by atoms with van der Waals surface area (Å²) in [5, 5.41) is 3.04. The van der Waals surface area contributed by atoms with Crippen LogP contribution >= 0.6 is 15.9 Å². The molecule has 0 atom stereocenters. The Bertz CT molecular complexity index is 584. The monoisotopic (exact) mass is 375 g/mol. The Morgan fingerprint density at radius 2 is 1.90 bits per heavy atom. The van der Waals surface area contributed by atoms with Gasteiger partial charge in [-0.05, 0) is 47.2 Å². The summed E-state index contributed by atoms with van der Waals surface area (Å²) in [6.45, 7) is 6.42. The molecule has 1 heterocycles. The molecule has 1 saturated heterocycles. The maximum atomic E-state index is 12.8. The van der Waals surface area contributed by atoms with Crippen LogP contribution < -0.4 is 5.32 Å². The van der Waals surface area contributed by atoms with Crippen molar-refractivity contribution in [3.05, 3.63) is 28.2 Å². The van der Waals surface area contributed by atoms with Crippen molar-refractivity contribution >= 4 is 26.0 Å². The number of rotatable bonds is 5. The number of hydrogen-bond donors (Lipinski definition) is 1. The summed E-state index contributed by atoms with van der Waals surface area (Å²) < 4.78 is 27.8. The summed E-state index contributed by atoms with van der Waals surface area (Å²) in [7, 11) is -1.59. The second-order valence-electron chi connectivity index (χ2n) is 5.13. The second kappa shape index (κ2) is 7.19. The minimum absolute atomic E-state index is 0.361. The van der Waals surface area contributed by atoms with Crippen molar-refractivity contribution in [2.24, 2.45) is 0 Å². The molecule has 0 unspecified atom stereocenters. The zero-order valence-corrected chi connectivity index (χ0v) is 14.9. The van der Waals surface area contributed by atoms with Gasteiger partial charge in [0.1, 0.15) is 0 Å². The lowest BCUT2D eigenvalue weighted by molar-refractivity contribution is 0.196. The van der Waals surface area contributed by atoms with Gasteiger partial charge in [-0.25, -0.2) is 8.42 Å². The second-order valence-corrected chi connectivity index (χ2v) is 7.89. The van der Waals surface area contributed by atoms with Crippen LogP contribution in [0.15, 0.2) is 27.6 Å². The highest BCUT2D eigenvalue weighted by Crippen LogP contribution is 2.27. The molecule has 0 aliphatic carbocycles. The van der Waals surface area contributed by atoms with Gasteiger partial charge in [0.15, 0.2) is 0 Å². The number of benzene rings is 1. The molecule has 0 aromatic heterocycles. The Morgan fingerprint density at radius 3 is 2.48 bits per heavy atom. The van der Waals surface area contributed by atoms with Crippen LogP contribution in [0, 0.1) is 0 Å². The Hall–Kier alpha value is -0.470. The predicted octanol–water partition coefficient (Wildman–Crippen LogP) is 1.49. The lowest BCUT2D eigenvalue weighted by atomic mass is 10.2. The molecule has 7 heteroatoms. The van der Waals surface area contributed by atoms with E-state index in [1.165, 1.54) is 0 Å². The van der Waals surface area contributed by atoms with Gasteiger partial charge in [-0.1, -0.05) is 13.0 Å². The molecule has 0 amide bonds. The highest BCUT2D eigenvalue weighted by molar-refractivity contribution is 9.10. The SMILES string of the molecule is CCN1CCN(S(=O)(=O)c2cc(CNC)ccc2Br)CC1. The van der Waals surface area contributed by atoms with Crippen molar-refractivity contribution in [2.45, 2.75) is 18.4 Å². The molecule has 2 rings (SSSR count). The van der Waals surface area contributed by atoms with Crippen molar-refractivity contribution in [2.75, 3.05) is 39.8 Å². The van der Waals surface area contributed by atoms with Gasteiger partial charge < -0.3 is 10.2 Å². The summed E-state index contributed by atoms with van der Waals surface area (Å²) in [4.78, 5) is 2.62. The maximum absolute atomic E-state index is 12.8. The van der Waals surface area contributed by atoms with E-state index in [1.54, 1.807) is 10.4 Å². The van der Waals surface area contributed by atoms with Crippen molar-refractivity contribution in [1.82, 2.24) is 14.5 Å². The van der Waals surface area contributed by atoms with Gasteiger partial charge in [0.2, 0.25) is 10.0 Å². The number of nitrogens with one attached hydrogen (secondary N) is 1. The van der Waals surface area contributed by atoms with Gasteiger partial charge in [-0.15, -0.1) is 0 Å². The quantitative estimate of drug-likeness (QED) is 0.846. The highest BCUT2D eigenvalue weighted by atomic mass is 79.9. The first kappa shape index (κ1) is 16.9. The molecule has 21 heavy (non-hydrogen) atoms. The Balaban J connectivity index is 2.25. The molecule has 0 bridgehead atoms. The molecular formula is C14H22BrN3O2S. The van der Waals surface area contributed by atoms with Gasteiger partial charge in [-0.3, -0.25) is 0 Å². The highest BCUT2D eigenvalue weighted by Gasteiger charge is 2.29. The molecule has 118 valence electrons.